The Morgan fingerprint density at radius 1 is 1.36 bits per heavy atom. The van der Waals surface area contributed by atoms with Gasteiger partial charge in [0.15, 0.2) is 0 Å². The summed E-state index contributed by atoms with van der Waals surface area (Å²) in [6.45, 7) is 0. The molecule has 0 radical (unpaired) electrons. The molecule has 0 atom stereocenters. The smallest absolute Gasteiger partial charge is 0.221 e. The number of imidazole rings is 1. The Balaban J connectivity index is 2.89. The molecule has 0 fully saturated rings. The predicted molar refractivity (Wildman–Crippen MR) is 49.3 cm³/mol. The van der Waals surface area contributed by atoms with Crippen molar-refractivity contribution in [2.75, 3.05) is 6.26 Å². The van der Waals surface area contributed by atoms with E-state index in [0.717, 1.165) is 6.26 Å². The van der Waals surface area contributed by atoms with Crippen molar-refractivity contribution in [2.45, 2.75) is 5.16 Å². The number of para-hydroxylation sites is 2. The van der Waals surface area contributed by atoms with Gasteiger partial charge in [0.1, 0.15) is 5.52 Å². The van der Waals surface area contributed by atoms with E-state index in [4.69, 9.17) is 0 Å². The minimum absolute atomic E-state index is 0.0880. The zero-order chi connectivity index (χ0) is 10.3. The van der Waals surface area contributed by atoms with Gasteiger partial charge in [-0.25, -0.2) is 13.4 Å². The van der Waals surface area contributed by atoms with Gasteiger partial charge in [-0.05, 0) is 12.1 Å². The molecule has 1 aromatic heterocycles. The predicted octanol–water partition coefficient (Wildman–Crippen LogP) is 1.17. The first-order chi connectivity index (χ1) is 6.50. The Labute approximate surface area is 79.8 Å². The summed E-state index contributed by atoms with van der Waals surface area (Å²) < 4.78 is 35.6. The first-order valence-corrected chi connectivity index (χ1v) is 5.73. The van der Waals surface area contributed by atoms with Gasteiger partial charge in [-0.2, -0.15) is 0 Å². The van der Waals surface area contributed by atoms with Gasteiger partial charge in [-0.3, -0.25) is 0 Å². The topological polar surface area (TPSA) is 52.0 Å². The Morgan fingerprint density at radius 3 is 2.57 bits per heavy atom. The summed E-state index contributed by atoms with van der Waals surface area (Å²) in [6.07, 6.45) is 0.921. The molecule has 2 aromatic rings. The minimum Gasteiger partial charge on any atom is -0.221 e. The standard InChI is InChI=1S/C8H7FN2O2S/c1-14(12,13)8-10-6-4-2-3-5-7(6)11(8)9/h2-5H,1H3. The zero-order valence-electron chi connectivity index (χ0n) is 7.31. The summed E-state index contributed by atoms with van der Waals surface area (Å²) in [7, 11) is -3.62. The van der Waals surface area contributed by atoms with Crippen LogP contribution in [0, 0.1) is 0 Å². The van der Waals surface area contributed by atoms with Crippen LogP contribution in [0.25, 0.3) is 11.0 Å². The van der Waals surface area contributed by atoms with Crippen LogP contribution < -0.4 is 0 Å². The van der Waals surface area contributed by atoms with Crippen molar-refractivity contribution in [2.24, 2.45) is 0 Å². The lowest BCUT2D eigenvalue weighted by Gasteiger charge is -1.93. The first-order valence-electron chi connectivity index (χ1n) is 3.84. The highest BCUT2D eigenvalue weighted by atomic mass is 32.2. The monoisotopic (exact) mass is 214 g/mol. The molecule has 1 heterocycles. The van der Waals surface area contributed by atoms with Crippen LogP contribution in [-0.2, 0) is 9.84 Å². The van der Waals surface area contributed by atoms with Crippen LogP contribution in [0.2, 0.25) is 0 Å². The molecule has 74 valence electrons. The number of fused-ring (bicyclic) bond motifs is 1. The second kappa shape index (κ2) is 2.78. The Kier molecular flexibility index (Phi) is 1.81. The molecule has 4 nitrogen and oxygen atoms in total. The van der Waals surface area contributed by atoms with Crippen LogP contribution >= 0.6 is 0 Å². The fourth-order valence-corrected chi connectivity index (χ4v) is 1.86. The van der Waals surface area contributed by atoms with Crippen molar-refractivity contribution < 1.29 is 12.9 Å². The highest BCUT2D eigenvalue weighted by Gasteiger charge is 2.18. The molecular formula is C8H7FN2O2S. The maximum absolute atomic E-state index is 13.4. The Bertz CT molecular complexity index is 588. The van der Waals surface area contributed by atoms with E-state index in [1.807, 2.05) is 0 Å². The van der Waals surface area contributed by atoms with Crippen LogP contribution in [-0.4, -0.2) is 24.4 Å². The molecule has 1 aromatic carbocycles. The number of hydrogen-bond donors (Lipinski definition) is 0. The molecule has 2 rings (SSSR count). The maximum Gasteiger partial charge on any atom is 0.256 e. The molecule has 0 aliphatic rings. The third-order valence-corrected chi connectivity index (χ3v) is 2.72. The second-order valence-electron chi connectivity index (χ2n) is 2.94. The third kappa shape index (κ3) is 1.27. The van der Waals surface area contributed by atoms with E-state index in [0.29, 0.717) is 5.52 Å². The molecule has 0 amide bonds. The van der Waals surface area contributed by atoms with Crippen molar-refractivity contribution in [1.29, 1.82) is 0 Å². The largest absolute Gasteiger partial charge is 0.256 e. The fraction of sp³-hybridized carbons (Fsp3) is 0.125. The minimum atomic E-state index is -3.62. The lowest BCUT2D eigenvalue weighted by molar-refractivity contribution is 0.341. The molecule has 0 saturated carbocycles. The second-order valence-corrected chi connectivity index (χ2v) is 4.85. The van der Waals surface area contributed by atoms with E-state index in [-0.39, 0.29) is 10.3 Å². The molecule has 0 aliphatic heterocycles. The average Bonchev–Trinajstić information content (AvgIpc) is 2.44. The number of halogens is 1. The summed E-state index contributed by atoms with van der Waals surface area (Å²) in [5.41, 5.74) is 0.489. The van der Waals surface area contributed by atoms with Crippen molar-refractivity contribution in [3.63, 3.8) is 0 Å². The van der Waals surface area contributed by atoms with Crippen LogP contribution in [0.1, 0.15) is 0 Å². The number of nitrogens with zero attached hydrogens (tertiary/aromatic N) is 2. The number of aromatic nitrogens is 2. The van der Waals surface area contributed by atoms with Crippen molar-refractivity contribution in [3.8, 4) is 0 Å². The van der Waals surface area contributed by atoms with E-state index in [1.54, 1.807) is 18.2 Å². The molecule has 0 saturated heterocycles. The molecule has 6 heteroatoms. The van der Waals surface area contributed by atoms with Crippen molar-refractivity contribution >= 4 is 20.9 Å². The molecule has 0 N–H and O–H groups in total. The van der Waals surface area contributed by atoms with Gasteiger partial charge in [0.2, 0.25) is 9.84 Å². The normalized spacial score (nSPS) is 12.1. The van der Waals surface area contributed by atoms with Gasteiger partial charge in [-0.15, -0.1) is 4.79 Å². The van der Waals surface area contributed by atoms with Gasteiger partial charge < -0.3 is 0 Å². The highest BCUT2D eigenvalue weighted by Crippen LogP contribution is 2.18. The number of hydrogen-bond acceptors (Lipinski definition) is 3. The number of rotatable bonds is 1. The first kappa shape index (κ1) is 9.14. The third-order valence-electron chi connectivity index (χ3n) is 1.81. The van der Waals surface area contributed by atoms with Crippen LogP contribution in [0.15, 0.2) is 29.4 Å². The molecule has 0 aliphatic carbocycles. The fourth-order valence-electron chi connectivity index (χ4n) is 1.20. The van der Waals surface area contributed by atoms with Gasteiger partial charge in [0.05, 0.1) is 5.52 Å². The zero-order valence-corrected chi connectivity index (χ0v) is 8.12. The maximum atomic E-state index is 13.4. The molecule has 14 heavy (non-hydrogen) atoms. The van der Waals surface area contributed by atoms with Gasteiger partial charge in [0, 0.05) is 6.26 Å². The highest BCUT2D eigenvalue weighted by molar-refractivity contribution is 7.90. The van der Waals surface area contributed by atoms with E-state index in [1.165, 1.54) is 6.07 Å². The Hall–Kier alpha value is -1.43. The molecule has 0 unspecified atom stereocenters. The number of benzene rings is 1. The summed E-state index contributed by atoms with van der Waals surface area (Å²) >= 11 is 0. The average molecular weight is 214 g/mol. The van der Waals surface area contributed by atoms with E-state index >= 15 is 0 Å². The van der Waals surface area contributed by atoms with Gasteiger partial charge in [0.25, 0.3) is 5.16 Å². The van der Waals surface area contributed by atoms with E-state index < -0.39 is 15.0 Å². The van der Waals surface area contributed by atoms with Gasteiger partial charge in [-0.1, -0.05) is 16.6 Å². The quantitative estimate of drug-likeness (QED) is 0.716. The lowest BCUT2D eigenvalue weighted by atomic mass is 10.3. The SMILES string of the molecule is CS(=O)(=O)c1nc2ccccc2n1F. The van der Waals surface area contributed by atoms with Gasteiger partial charge >= 0.3 is 0 Å². The molecular weight excluding hydrogens is 207 g/mol. The lowest BCUT2D eigenvalue weighted by Crippen LogP contribution is -2.03. The van der Waals surface area contributed by atoms with Crippen molar-refractivity contribution in [1.82, 2.24) is 9.77 Å². The van der Waals surface area contributed by atoms with Crippen molar-refractivity contribution in [3.05, 3.63) is 24.3 Å². The van der Waals surface area contributed by atoms with Crippen LogP contribution in [0.4, 0.5) is 4.48 Å². The summed E-state index contributed by atoms with van der Waals surface area (Å²) in [4.78, 5) is 3.77. The number of sulfone groups is 1. The van der Waals surface area contributed by atoms with E-state index in [2.05, 4.69) is 4.98 Å². The van der Waals surface area contributed by atoms with E-state index in [9.17, 15) is 12.9 Å². The molecule has 0 spiro atoms. The van der Waals surface area contributed by atoms with Crippen LogP contribution in [0.5, 0.6) is 0 Å². The summed E-state index contributed by atoms with van der Waals surface area (Å²) in [6, 6.07) is 6.31. The Morgan fingerprint density at radius 2 is 2.00 bits per heavy atom. The van der Waals surface area contributed by atoms with Crippen LogP contribution in [0.3, 0.4) is 0 Å². The summed E-state index contributed by atoms with van der Waals surface area (Å²) in [5, 5.41) is -0.557. The molecule has 0 bridgehead atoms. The summed E-state index contributed by atoms with van der Waals surface area (Å²) in [5.74, 6) is 0.